The molecule has 0 unspecified atom stereocenters. The number of ether oxygens (including phenoxy) is 2. The molecule has 0 aromatic heterocycles. The molecule has 1 aliphatic heterocycles. The van der Waals surface area contributed by atoms with E-state index in [1.807, 2.05) is 24.3 Å². The highest BCUT2D eigenvalue weighted by molar-refractivity contribution is 5.96. The number of rotatable bonds is 5. The lowest BCUT2D eigenvalue weighted by Gasteiger charge is -2.41. The second-order valence-electron chi connectivity index (χ2n) is 7.00. The zero-order chi connectivity index (χ0) is 18.7. The Morgan fingerprint density at radius 1 is 1.19 bits per heavy atom. The van der Waals surface area contributed by atoms with Crippen LogP contribution in [0.1, 0.15) is 13.8 Å². The summed E-state index contributed by atoms with van der Waals surface area (Å²) in [5, 5.41) is 6.45. The zero-order valence-corrected chi connectivity index (χ0v) is 15.6. The summed E-state index contributed by atoms with van der Waals surface area (Å²) >= 11 is 0. The highest BCUT2D eigenvalue weighted by atomic mass is 16.5. The highest BCUT2D eigenvalue weighted by Gasteiger charge is 2.30. The van der Waals surface area contributed by atoms with E-state index in [0.29, 0.717) is 17.2 Å². The average Bonchev–Trinajstić information content (AvgIpc) is 2.60. The summed E-state index contributed by atoms with van der Waals surface area (Å²) in [7, 11) is 3.17. The van der Waals surface area contributed by atoms with E-state index in [9.17, 15) is 4.79 Å². The van der Waals surface area contributed by atoms with E-state index in [1.165, 1.54) is 0 Å². The summed E-state index contributed by atoms with van der Waals surface area (Å²) in [6.45, 7) is 5.23. The van der Waals surface area contributed by atoms with Gasteiger partial charge in [-0.15, -0.1) is 0 Å². The number of para-hydroxylation sites is 2. The van der Waals surface area contributed by atoms with E-state index in [0.717, 1.165) is 17.9 Å². The van der Waals surface area contributed by atoms with Gasteiger partial charge >= 0.3 is 0 Å². The Labute approximate surface area is 154 Å². The maximum atomic E-state index is 12.7. The Morgan fingerprint density at radius 2 is 1.96 bits per heavy atom. The topological polar surface area (TPSA) is 62.8 Å². The van der Waals surface area contributed by atoms with Crippen LogP contribution < -0.4 is 25.0 Å². The smallest absolute Gasteiger partial charge is 0.243 e. The molecule has 0 bridgehead atoms. The fourth-order valence-electron chi connectivity index (χ4n) is 3.24. The van der Waals surface area contributed by atoms with Crippen molar-refractivity contribution in [2.75, 3.05) is 42.8 Å². The third kappa shape index (κ3) is 3.85. The van der Waals surface area contributed by atoms with Gasteiger partial charge in [0, 0.05) is 18.2 Å². The fourth-order valence-corrected chi connectivity index (χ4v) is 3.24. The highest BCUT2D eigenvalue weighted by Crippen LogP contribution is 2.34. The molecule has 0 aliphatic carbocycles. The van der Waals surface area contributed by atoms with E-state index >= 15 is 0 Å². The predicted molar refractivity (Wildman–Crippen MR) is 105 cm³/mol. The first kappa shape index (κ1) is 17.9. The molecule has 0 fully saturated rings. The van der Waals surface area contributed by atoms with Crippen LogP contribution in [0.5, 0.6) is 11.5 Å². The lowest BCUT2D eigenvalue weighted by Crippen LogP contribution is -2.50. The van der Waals surface area contributed by atoms with E-state index in [2.05, 4.69) is 29.4 Å². The molecule has 2 aromatic carbocycles. The lowest BCUT2D eigenvalue weighted by molar-refractivity contribution is -0.115. The minimum Gasteiger partial charge on any atom is -0.497 e. The van der Waals surface area contributed by atoms with Gasteiger partial charge in [-0.1, -0.05) is 12.1 Å². The van der Waals surface area contributed by atoms with E-state index in [-0.39, 0.29) is 18.0 Å². The first-order valence-corrected chi connectivity index (χ1v) is 8.56. The number of hydrogen-bond acceptors (Lipinski definition) is 5. The van der Waals surface area contributed by atoms with Crippen LogP contribution in [0.3, 0.4) is 0 Å². The number of methoxy groups -OCH3 is 2. The van der Waals surface area contributed by atoms with Gasteiger partial charge < -0.3 is 25.0 Å². The minimum atomic E-state index is -0.123. The van der Waals surface area contributed by atoms with Gasteiger partial charge in [0.25, 0.3) is 0 Å². The van der Waals surface area contributed by atoms with Crippen LogP contribution in [0.15, 0.2) is 42.5 Å². The third-order valence-corrected chi connectivity index (χ3v) is 4.32. The second kappa shape index (κ2) is 7.15. The van der Waals surface area contributed by atoms with Crippen molar-refractivity contribution in [1.29, 1.82) is 0 Å². The Morgan fingerprint density at radius 3 is 2.69 bits per heavy atom. The number of carbonyl (C=O) groups excluding carboxylic acids is 1. The van der Waals surface area contributed by atoms with Gasteiger partial charge in [0.15, 0.2) is 0 Å². The van der Waals surface area contributed by atoms with Crippen LogP contribution in [0.25, 0.3) is 0 Å². The maximum absolute atomic E-state index is 12.7. The number of anilines is 3. The molecular formula is C20H25N3O3. The number of hydrogen-bond donors (Lipinski definition) is 2. The maximum Gasteiger partial charge on any atom is 0.243 e. The molecule has 2 N–H and O–H groups in total. The number of nitrogens with zero attached hydrogens (tertiary/aromatic N) is 1. The molecule has 6 heteroatoms. The summed E-state index contributed by atoms with van der Waals surface area (Å²) in [6.07, 6.45) is 0. The van der Waals surface area contributed by atoms with Crippen molar-refractivity contribution >= 4 is 23.0 Å². The lowest BCUT2D eigenvalue weighted by atomic mass is 9.99. The van der Waals surface area contributed by atoms with Crippen LogP contribution in [0.2, 0.25) is 0 Å². The standard InChI is InChI=1S/C20H25N3O3/c1-20(2)13-23(17-8-6-5-7-15(17)22-20)12-19(24)21-16-11-14(25-3)9-10-18(16)26-4/h5-11,22H,12-13H2,1-4H3,(H,21,24). The Bertz CT molecular complexity index is 805. The molecular weight excluding hydrogens is 330 g/mol. The number of benzene rings is 2. The van der Waals surface area contributed by atoms with Gasteiger partial charge in [-0.05, 0) is 38.1 Å². The van der Waals surface area contributed by atoms with Gasteiger partial charge in [-0.3, -0.25) is 4.79 Å². The third-order valence-electron chi connectivity index (χ3n) is 4.32. The molecule has 6 nitrogen and oxygen atoms in total. The van der Waals surface area contributed by atoms with Crippen LogP contribution in [-0.4, -0.2) is 38.8 Å². The molecule has 138 valence electrons. The van der Waals surface area contributed by atoms with Crippen LogP contribution in [-0.2, 0) is 4.79 Å². The molecule has 1 aliphatic rings. The van der Waals surface area contributed by atoms with Gasteiger partial charge in [-0.2, -0.15) is 0 Å². The summed E-state index contributed by atoms with van der Waals surface area (Å²) in [5.74, 6) is 1.15. The summed E-state index contributed by atoms with van der Waals surface area (Å²) in [5.41, 5.74) is 2.54. The van der Waals surface area contributed by atoms with Crippen LogP contribution in [0, 0.1) is 0 Å². The SMILES string of the molecule is COc1ccc(OC)c(NC(=O)CN2CC(C)(C)Nc3ccccc32)c1. The molecule has 1 amide bonds. The second-order valence-corrected chi connectivity index (χ2v) is 7.00. The van der Waals surface area contributed by atoms with Crippen molar-refractivity contribution in [2.24, 2.45) is 0 Å². The zero-order valence-electron chi connectivity index (χ0n) is 15.6. The Balaban J connectivity index is 1.78. The summed E-state index contributed by atoms with van der Waals surface area (Å²) < 4.78 is 10.6. The number of amides is 1. The molecule has 0 saturated carbocycles. The normalized spacial score (nSPS) is 14.8. The van der Waals surface area contributed by atoms with Crippen molar-refractivity contribution in [2.45, 2.75) is 19.4 Å². The Hall–Kier alpha value is -2.89. The molecule has 0 radical (unpaired) electrons. The molecule has 2 aromatic rings. The van der Waals surface area contributed by atoms with Gasteiger partial charge in [0.05, 0.1) is 37.8 Å². The first-order chi connectivity index (χ1) is 12.4. The fraction of sp³-hybridized carbons (Fsp3) is 0.350. The van der Waals surface area contributed by atoms with Crippen molar-refractivity contribution in [3.05, 3.63) is 42.5 Å². The predicted octanol–water partition coefficient (Wildman–Crippen LogP) is 3.35. The van der Waals surface area contributed by atoms with Gasteiger partial charge in [0.2, 0.25) is 5.91 Å². The molecule has 0 atom stereocenters. The van der Waals surface area contributed by atoms with E-state index < -0.39 is 0 Å². The van der Waals surface area contributed by atoms with Crippen LogP contribution >= 0.6 is 0 Å². The number of carbonyl (C=O) groups is 1. The van der Waals surface area contributed by atoms with Crippen molar-refractivity contribution in [3.8, 4) is 11.5 Å². The summed E-state index contributed by atoms with van der Waals surface area (Å²) in [4.78, 5) is 14.8. The van der Waals surface area contributed by atoms with E-state index in [1.54, 1.807) is 32.4 Å². The molecule has 0 spiro atoms. The van der Waals surface area contributed by atoms with Crippen LogP contribution in [0.4, 0.5) is 17.1 Å². The van der Waals surface area contributed by atoms with Gasteiger partial charge in [0.1, 0.15) is 11.5 Å². The van der Waals surface area contributed by atoms with Crippen molar-refractivity contribution < 1.29 is 14.3 Å². The van der Waals surface area contributed by atoms with E-state index in [4.69, 9.17) is 9.47 Å². The monoisotopic (exact) mass is 355 g/mol. The first-order valence-electron chi connectivity index (χ1n) is 8.56. The van der Waals surface area contributed by atoms with Gasteiger partial charge in [-0.25, -0.2) is 0 Å². The van der Waals surface area contributed by atoms with Crippen molar-refractivity contribution in [3.63, 3.8) is 0 Å². The Kier molecular flexibility index (Phi) is 4.93. The molecule has 26 heavy (non-hydrogen) atoms. The molecule has 0 saturated heterocycles. The van der Waals surface area contributed by atoms with Crippen molar-refractivity contribution in [1.82, 2.24) is 0 Å². The minimum absolute atomic E-state index is 0.107. The quantitative estimate of drug-likeness (QED) is 0.861. The summed E-state index contributed by atoms with van der Waals surface area (Å²) in [6, 6.07) is 13.4. The average molecular weight is 355 g/mol. The largest absolute Gasteiger partial charge is 0.497 e. The number of fused-ring (bicyclic) bond motifs is 1. The molecule has 3 rings (SSSR count). The molecule has 1 heterocycles. The number of nitrogens with one attached hydrogen (secondary N) is 2.